The molecule has 1 aromatic rings. The standard InChI is InChI=1S/C14H17ClFNO3S2/c1-9(21-11-3-4-13(16)12(15)7-11)14(18)17(2)10-5-6-22(19,20)8-10/h3-4,7,9-10H,5-6,8H2,1-2H3. The van der Waals surface area contributed by atoms with Crippen LogP contribution in [-0.2, 0) is 14.6 Å². The van der Waals surface area contributed by atoms with Crippen molar-refractivity contribution in [1.29, 1.82) is 0 Å². The molecule has 1 aliphatic rings. The van der Waals surface area contributed by atoms with E-state index in [4.69, 9.17) is 11.6 Å². The van der Waals surface area contributed by atoms with Crippen molar-refractivity contribution < 1.29 is 17.6 Å². The third-order valence-corrected chi connectivity index (χ3v) is 6.78. The van der Waals surface area contributed by atoms with Gasteiger partial charge >= 0.3 is 0 Å². The number of carbonyl (C=O) groups excluding carboxylic acids is 1. The molecule has 1 amide bonds. The van der Waals surface area contributed by atoms with Gasteiger partial charge in [-0.25, -0.2) is 12.8 Å². The minimum absolute atomic E-state index is 0.0138. The molecule has 2 unspecified atom stereocenters. The third-order valence-electron chi connectivity index (χ3n) is 3.66. The quantitative estimate of drug-likeness (QED) is 0.770. The molecule has 122 valence electrons. The number of halogens is 2. The molecule has 8 heteroatoms. The Morgan fingerprint density at radius 3 is 2.73 bits per heavy atom. The van der Waals surface area contributed by atoms with Crippen molar-refractivity contribution >= 4 is 39.1 Å². The summed E-state index contributed by atoms with van der Waals surface area (Å²) in [6.07, 6.45) is 0.477. The Morgan fingerprint density at radius 2 is 2.18 bits per heavy atom. The lowest BCUT2D eigenvalue weighted by atomic mass is 10.2. The molecule has 1 aromatic carbocycles. The predicted octanol–water partition coefficient (Wildman–Crippen LogP) is 2.61. The van der Waals surface area contributed by atoms with Crippen molar-refractivity contribution in [3.8, 4) is 0 Å². The van der Waals surface area contributed by atoms with E-state index >= 15 is 0 Å². The van der Waals surface area contributed by atoms with Gasteiger partial charge in [-0.15, -0.1) is 11.8 Å². The molecule has 0 aromatic heterocycles. The average molecular weight is 366 g/mol. The Morgan fingerprint density at radius 1 is 1.50 bits per heavy atom. The molecule has 22 heavy (non-hydrogen) atoms. The normalized spacial score (nSPS) is 21.5. The first-order chi connectivity index (χ1) is 10.2. The number of rotatable bonds is 4. The van der Waals surface area contributed by atoms with Gasteiger partial charge in [0.2, 0.25) is 5.91 Å². The highest BCUT2D eigenvalue weighted by Crippen LogP contribution is 2.29. The lowest BCUT2D eigenvalue weighted by molar-refractivity contribution is -0.130. The van der Waals surface area contributed by atoms with Crippen LogP contribution in [0.3, 0.4) is 0 Å². The monoisotopic (exact) mass is 365 g/mol. The van der Waals surface area contributed by atoms with Gasteiger partial charge < -0.3 is 4.90 Å². The third kappa shape index (κ3) is 4.14. The maximum absolute atomic E-state index is 13.1. The first-order valence-electron chi connectivity index (χ1n) is 6.78. The average Bonchev–Trinajstić information content (AvgIpc) is 2.81. The second-order valence-corrected chi connectivity index (χ2v) is 9.39. The highest BCUT2D eigenvalue weighted by Gasteiger charge is 2.34. The van der Waals surface area contributed by atoms with Gasteiger partial charge in [-0.2, -0.15) is 0 Å². The number of benzene rings is 1. The lowest BCUT2D eigenvalue weighted by Crippen LogP contribution is -2.41. The number of thioether (sulfide) groups is 1. The lowest BCUT2D eigenvalue weighted by Gasteiger charge is -2.26. The number of sulfone groups is 1. The maximum atomic E-state index is 13.1. The van der Waals surface area contributed by atoms with Gasteiger partial charge in [0.25, 0.3) is 0 Å². The summed E-state index contributed by atoms with van der Waals surface area (Å²) in [5, 5.41) is -0.394. The fraction of sp³-hybridized carbons (Fsp3) is 0.500. The summed E-state index contributed by atoms with van der Waals surface area (Å²) in [4.78, 5) is 14.6. The van der Waals surface area contributed by atoms with Crippen LogP contribution in [0.5, 0.6) is 0 Å². The molecule has 0 saturated carbocycles. The Balaban J connectivity index is 2.01. The van der Waals surface area contributed by atoms with E-state index in [-0.39, 0.29) is 28.5 Å². The number of hydrogen-bond donors (Lipinski definition) is 0. The maximum Gasteiger partial charge on any atom is 0.235 e. The van der Waals surface area contributed by atoms with Crippen LogP contribution < -0.4 is 0 Å². The van der Waals surface area contributed by atoms with Crippen molar-refractivity contribution in [3.05, 3.63) is 29.0 Å². The fourth-order valence-corrected chi connectivity index (χ4v) is 5.38. The molecule has 0 bridgehead atoms. The van der Waals surface area contributed by atoms with Gasteiger partial charge in [0, 0.05) is 18.0 Å². The summed E-state index contributed by atoms with van der Waals surface area (Å²) in [6, 6.07) is 4.04. The second-order valence-electron chi connectivity index (χ2n) is 5.34. The first kappa shape index (κ1) is 17.6. The number of hydrogen-bond acceptors (Lipinski definition) is 4. The first-order valence-corrected chi connectivity index (χ1v) is 9.86. The van der Waals surface area contributed by atoms with Crippen molar-refractivity contribution in [2.45, 2.75) is 29.5 Å². The molecule has 0 radical (unpaired) electrons. The summed E-state index contributed by atoms with van der Waals surface area (Å²) in [7, 11) is -1.40. The van der Waals surface area contributed by atoms with Crippen LogP contribution >= 0.6 is 23.4 Å². The molecule has 1 fully saturated rings. The number of nitrogens with zero attached hydrogens (tertiary/aromatic N) is 1. The Labute approximate surface area is 138 Å². The summed E-state index contributed by atoms with van der Waals surface area (Å²) in [5.41, 5.74) is 0. The second kappa shape index (κ2) is 6.76. The van der Waals surface area contributed by atoms with Gasteiger partial charge in [-0.1, -0.05) is 11.6 Å². The van der Waals surface area contributed by atoms with Crippen LogP contribution in [0.25, 0.3) is 0 Å². The number of amides is 1. The summed E-state index contributed by atoms with van der Waals surface area (Å²) < 4.78 is 36.1. The predicted molar refractivity (Wildman–Crippen MR) is 86.6 cm³/mol. The van der Waals surface area contributed by atoms with Crippen molar-refractivity contribution in [3.63, 3.8) is 0 Å². The van der Waals surface area contributed by atoms with Crippen molar-refractivity contribution in [2.24, 2.45) is 0 Å². The minimum atomic E-state index is -3.03. The van der Waals surface area contributed by atoms with Gasteiger partial charge in [-0.3, -0.25) is 4.79 Å². The molecule has 1 aliphatic heterocycles. The molecule has 0 N–H and O–H groups in total. The molecule has 0 aliphatic carbocycles. The smallest absolute Gasteiger partial charge is 0.235 e. The van der Waals surface area contributed by atoms with Crippen LogP contribution in [0, 0.1) is 5.82 Å². The molecule has 0 spiro atoms. The van der Waals surface area contributed by atoms with Crippen LogP contribution in [0.4, 0.5) is 4.39 Å². The molecular formula is C14H17ClFNO3S2. The Kier molecular flexibility index (Phi) is 5.40. The van der Waals surface area contributed by atoms with Crippen LogP contribution in [-0.4, -0.2) is 49.1 Å². The zero-order valence-corrected chi connectivity index (χ0v) is 14.6. The molecule has 4 nitrogen and oxygen atoms in total. The molecule has 2 rings (SSSR count). The van der Waals surface area contributed by atoms with Gasteiger partial charge in [0.05, 0.1) is 21.8 Å². The Bertz CT molecular complexity index is 681. The summed E-state index contributed by atoms with van der Waals surface area (Å²) >= 11 is 6.99. The van der Waals surface area contributed by atoms with E-state index < -0.39 is 20.9 Å². The van der Waals surface area contributed by atoms with E-state index in [1.807, 2.05) is 0 Å². The number of carbonyl (C=O) groups is 1. The van der Waals surface area contributed by atoms with Crippen molar-refractivity contribution in [2.75, 3.05) is 18.6 Å². The van der Waals surface area contributed by atoms with E-state index in [2.05, 4.69) is 0 Å². The SMILES string of the molecule is CC(Sc1ccc(F)c(Cl)c1)C(=O)N(C)C1CCS(=O)(=O)C1. The Hall–Kier alpha value is -0.790. The van der Waals surface area contributed by atoms with E-state index in [9.17, 15) is 17.6 Å². The zero-order chi connectivity index (χ0) is 16.5. The van der Waals surface area contributed by atoms with Crippen LogP contribution in [0.15, 0.2) is 23.1 Å². The van der Waals surface area contributed by atoms with Gasteiger partial charge in [0.15, 0.2) is 9.84 Å². The molecule has 1 heterocycles. The fourth-order valence-electron chi connectivity index (χ4n) is 2.35. The zero-order valence-electron chi connectivity index (χ0n) is 12.3. The van der Waals surface area contributed by atoms with E-state index in [0.717, 1.165) is 0 Å². The highest BCUT2D eigenvalue weighted by molar-refractivity contribution is 8.00. The highest BCUT2D eigenvalue weighted by atomic mass is 35.5. The molecular weight excluding hydrogens is 349 g/mol. The summed E-state index contributed by atoms with van der Waals surface area (Å²) in [5.74, 6) is -0.495. The van der Waals surface area contributed by atoms with Crippen LogP contribution in [0.2, 0.25) is 5.02 Å². The summed E-state index contributed by atoms with van der Waals surface area (Å²) in [6.45, 7) is 1.74. The molecule has 2 atom stereocenters. The van der Waals surface area contributed by atoms with Crippen LogP contribution in [0.1, 0.15) is 13.3 Å². The van der Waals surface area contributed by atoms with Gasteiger partial charge in [-0.05, 0) is 31.5 Å². The van der Waals surface area contributed by atoms with Gasteiger partial charge in [0.1, 0.15) is 5.82 Å². The van der Waals surface area contributed by atoms with E-state index in [1.54, 1.807) is 20.0 Å². The van der Waals surface area contributed by atoms with Crippen molar-refractivity contribution in [1.82, 2.24) is 4.90 Å². The minimum Gasteiger partial charge on any atom is -0.341 e. The topological polar surface area (TPSA) is 54.5 Å². The van der Waals surface area contributed by atoms with E-state index in [0.29, 0.717) is 11.3 Å². The molecule has 1 saturated heterocycles. The van der Waals surface area contributed by atoms with E-state index in [1.165, 1.54) is 28.8 Å². The largest absolute Gasteiger partial charge is 0.341 e.